The van der Waals surface area contributed by atoms with Crippen LogP contribution in [0.15, 0.2) is 59.1 Å². The van der Waals surface area contributed by atoms with E-state index in [0.717, 1.165) is 15.7 Å². The van der Waals surface area contributed by atoms with E-state index < -0.39 is 0 Å². The summed E-state index contributed by atoms with van der Waals surface area (Å²) in [5, 5.41) is 2.83. The summed E-state index contributed by atoms with van der Waals surface area (Å²) < 4.78 is 0.959. The van der Waals surface area contributed by atoms with E-state index in [1.165, 1.54) is 6.92 Å². The van der Waals surface area contributed by atoms with E-state index in [9.17, 15) is 9.59 Å². The lowest BCUT2D eigenvalue weighted by atomic mass is 10.2. The highest BCUT2D eigenvalue weighted by atomic mass is 79.9. The summed E-state index contributed by atoms with van der Waals surface area (Å²) in [4.78, 5) is 25.4. The average molecular weight is 375 g/mol. The van der Waals surface area contributed by atoms with Gasteiger partial charge in [-0.15, -0.1) is 0 Å². The van der Waals surface area contributed by atoms with E-state index >= 15 is 0 Å². The van der Waals surface area contributed by atoms with Gasteiger partial charge in [-0.1, -0.05) is 46.3 Å². The molecule has 0 bridgehead atoms. The number of benzene rings is 2. The fourth-order valence-electron chi connectivity index (χ4n) is 2.14. The Bertz CT molecular complexity index is 656. The maximum Gasteiger partial charge on any atom is 0.226 e. The first kappa shape index (κ1) is 17.2. The van der Waals surface area contributed by atoms with E-state index in [1.807, 2.05) is 54.6 Å². The normalized spacial score (nSPS) is 10.2. The molecule has 0 radical (unpaired) electrons. The van der Waals surface area contributed by atoms with Crippen LogP contribution < -0.4 is 5.32 Å². The molecule has 0 saturated carbocycles. The molecule has 1 N–H and O–H groups in total. The third kappa shape index (κ3) is 5.87. The van der Waals surface area contributed by atoms with Crippen molar-refractivity contribution < 1.29 is 9.59 Å². The molecular formula is C18H19BrN2O2. The Hall–Kier alpha value is -2.14. The standard InChI is InChI=1S/C18H19BrN2O2/c1-14(22)21(13-15-5-3-2-4-6-15)12-11-18(23)20-17-9-7-16(19)8-10-17/h2-10H,11-13H2,1H3,(H,20,23). The van der Waals surface area contributed by atoms with E-state index in [4.69, 9.17) is 0 Å². The van der Waals surface area contributed by atoms with Gasteiger partial charge in [0.25, 0.3) is 0 Å². The van der Waals surface area contributed by atoms with Crippen LogP contribution >= 0.6 is 15.9 Å². The highest BCUT2D eigenvalue weighted by Gasteiger charge is 2.12. The van der Waals surface area contributed by atoms with Crippen molar-refractivity contribution in [2.75, 3.05) is 11.9 Å². The molecule has 2 aromatic rings. The molecule has 0 aliphatic rings. The Balaban J connectivity index is 1.87. The molecule has 0 spiro atoms. The lowest BCUT2D eigenvalue weighted by Crippen LogP contribution is -2.31. The Kier molecular flexibility index (Phi) is 6.35. The Morgan fingerprint density at radius 2 is 1.70 bits per heavy atom. The molecule has 120 valence electrons. The van der Waals surface area contributed by atoms with Crippen LogP contribution in [0.4, 0.5) is 5.69 Å². The van der Waals surface area contributed by atoms with Crippen LogP contribution in [0.3, 0.4) is 0 Å². The first-order valence-electron chi connectivity index (χ1n) is 7.39. The second-order valence-corrected chi connectivity index (χ2v) is 6.15. The lowest BCUT2D eigenvalue weighted by molar-refractivity contribution is -0.129. The van der Waals surface area contributed by atoms with Gasteiger partial charge in [0.1, 0.15) is 0 Å². The number of nitrogens with zero attached hydrogens (tertiary/aromatic N) is 1. The third-order valence-corrected chi connectivity index (χ3v) is 3.93. The van der Waals surface area contributed by atoms with Crippen molar-refractivity contribution in [2.24, 2.45) is 0 Å². The molecule has 0 fully saturated rings. The Morgan fingerprint density at radius 1 is 1.04 bits per heavy atom. The van der Waals surface area contributed by atoms with E-state index in [-0.39, 0.29) is 18.2 Å². The molecule has 0 aliphatic heterocycles. The summed E-state index contributed by atoms with van der Waals surface area (Å²) in [7, 11) is 0. The smallest absolute Gasteiger partial charge is 0.226 e. The van der Waals surface area contributed by atoms with Crippen LogP contribution in [0, 0.1) is 0 Å². The molecule has 0 heterocycles. The molecule has 2 amide bonds. The van der Waals surface area contributed by atoms with Gasteiger partial charge < -0.3 is 10.2 Å². The molecule has 4 nitrogen and oxygen atoms in total. The maximum atomic E-state index is 12.0. The van der Waals surface area contributed by atoms with E-state index in [1.54, 1.807) is 4.90 Å². The minimum absolute atomic E-state index is 0.0368. The summed E-state index contributed by atoms with van der Waals surface area (Å²) in [5.74, 6) is -0.142. The monoisotopic (exact) mass is 374 g/mol. The van der Waals surface area contributed by atoms with Gasteiger partial charge >= 0.3 is 0 Å². The molecule has 2 rings (SSSR count). The number of amides is 2. The van der Waals surface area contributed by atoms with Crippen LogP contribution in [0.2, 0.25) is 0 Å². The summed E-state index contributed by atoms with van der Waals surface area (Å²) in [6.45, 7) is 2.43. The number of halogens is 1. The summed E-state index contributed by atoms with van der Waals surface area (Å²) in [5.41, 5.74) is 1.80. The van der Waals surface area contributed by atoms with Crippen LogP contribution in [-0.4, -0.2) is 23.3 Å². The number of carbonyl (C=O) groups is 2. The predicted octanol–water partition coefficient (Wildman–Crippen LogP) is 3.83. The van der Waals surface area contributed by atoms with Gasteiger partial charge in [-0.3, -0.25) is 9.59 Å². The molecule has 5 heteroatoms. The maximum absolute atomic E-state index is 12.0. The van der Waals surface area contributed by atoms with Gasteiger partial charge in [-0.2, -0.15) is 0 Å². The van der Waals surface area contributed by atoms with Crippen LogP contribution in [0.1, 0.15) is 18.9 Å². The number of carbonyl (C=O) groups excluding carboxylic acids is 2. The van der Waals surface area contributed by atoms with Crippen LogP contribution in [-0.2, 0) is 16.1 Å². The lowest BCUT2D eigenvalue weighted by Gasteiger charge is -2.21. The minimum atomic E-state index is -0.105. The fraction of sp³-hybridized carbons (Fsp3) is 0.222. The summed E-state index contributed by atoms with van der Waals surface area (Å²) in [6, 6.07) is 17.1. The second kappa shape index (κ2) is 8.48. The number of hydrogen-bond donors (Lipinski definition) is 1. The molecule has 0 unspecified atom stereocenters. The zero-order valence-electron chi connectivity index (χ0n) is 13.0. The molecule has 0 aliphatic carbocycles. The molecule has 0 aromatic heterocycles. The van der Waals surface area contributed by atoms with Gasteiger partial charge in [-0.25, -0.2) is 0 Å². The van der Waals surface area contributed by atoms with Crippen molar-refractivity contribution in [3.8, 4) is 0 Å². The molecule has 23 heavy (non-hydrogen) atoms. The average Bonchev–Trinajstić information content (AvgIpc) is 2.54. The van der Waals surface area contributed by atoms with Crippen molar-refractivity contribution in [2.45, 2.75) is 19.9 Å². The van der Waals surface area contributed by atoms with Crippen LogP contribution in [0.5, 0.6) is 0 Å². The second-order valence-electron chi connectivity index (χ2n) is 5.23. The van der Waals surface area contributed by atoms with Gasteiger partial charge in [-0.05, 0) is 29.8 Å². The zero-order valence-corrected chi connectivity index (χ0v) is 14.5. The quantitative estimate of drug-likeness (QED) is 0.835. The number of anilines is 1. The van der Waals surface area contributed by atoms with Crippen molar-refractivity contribution in [3.63, 3.8) is 0 Å². The summed E-state index contributed by atoms with van der Waals surface area (Å²) >= 11 is 3.35. The highest BCUT2D eigenvalue weighted by Crippen LogP contribution is 2.14. The Labute approximate surface area is 144 Å². The van der Waals surface area contributed by atoms with Crippen molar-refractivity contribution >= 4 is 33.4 Å². The first-order chi connectivity index (χ1) is 11.0. The Morgan fingerprint density at radius 3 is 2.30 bits per heavy atom. The number of nitrogens with one attached hydrogen (secondary N) is 1. The van der Waals surface area contributed by atoms with Gasteiger partial charge in [0.05, 0.1) is 0 Å². The van der Waals surface area contributed by atoms with Gasteiger partial charge in [0, 0.05) is 36.6 Å². The number of rotatable bonds is 6. The van der Waals surface area contributed by atoms with E-state index in [2.05, 4.69) is 21.2 Å². The van der Waals surface area contributed by atoms with Crippen molar-refractivity contribution in [1.82, 2.24) is 4.90 Å². The minimum Gasteiger partial charge on any atom is -0.338 e. The van der Waals surface area contributed by atoms with Crippen molar-refractivity contribution in [1.29, 1.82) is 0 Å². The third-order valence-electron chi connectivity index (χ3n) is 3.40. The first-order valence-corrected chi connectivity index (χ1v) is 8.19. The summed E-state index contributed by atoms with van der Waals surface area (Å²) in [6.07, 6.45) is 0.266. The molecule has 0 saturated heterocycles. The zero-order chi connectivity index (χ0) is 16.7. The SMILES string of the molecule is CC(=O)N(CCC(=O)Nc1ccc(Br)cc1)Cc1ccccc1. The number of hydrogen-bond acceptors (Lipinski definition) is 2. The predicted molar refractivity (Wildman–Crippen MR) is 94.9 cm³/mol. The topological polar surface area (TPSA) is 49.4 Å². The van der Waals surface area contributed by atoms with Gasteiger partial charge in [0.2, 0.25) is 11.8 Å². The molecular weight excluding hydrogens is 356 g/mol. The molecule has 2 aromatic carbocycles. The van der Waals surface area contributed by atoms with Crippen LogP contribution in [0.25, 0.3) is 0 Å². The highest BCUT2D eigenvalue weighted by molar-refractivity contribution is 9.10. The molecule has 0 atom stereocenters. The van der Waals surface area contributed by atoms with Gasteiger partial charge in [0.15, 0.2) is 0 Å². The van der Waals surface area contributed by atoms with E-state index in [0.29, 0.717) is 13.1 Å². The van der Waals surface area contributed by atoms with Crippen molar-refractivity contribution in [3.05, 3.63) is 64.6 Å². The fourth-order valence-corrected chi connectivity index (χ4v) is 2.41. The largest absolute Gasteiger partial charge is 0.338 e.